The van der Waals surface area contributed by atoms with Crippen LogP contribution in [-0.4, -0.2) is 22.0 Å². The first-order chi connectivity index (χ1) is 9.58. The number of carboxylic acid groups (broad SMARTS) is 1. The minimum Gasteiger partial charge on any atom is -0.479 e. The van der Waals surface area contributed by atoms with Crippen molar-refractivity contribution in [2.75, 3.05) is 0 Å². The standard InChI is InChI=1S/C14H11ClN2O3/c15-11-8-4-7-10(16-11)13(18)17-12(14(19)20)9-5-2-1-3-6-9/h1-8,12H,(H,17,18)(H,19,20)/t12-/m1/s1. The predicted molar refractivity (Wildman–Crippen MR) is 73.5 cm³/mol. The number of nitrogens with one attached hydrogen (secondary N) is 1. The van der Waals surface area contributed by atoms with Crippen LogP contribution in [0.5, 0.6) is 0 Å². The van der Waals surface area contributed by atoms with Crippen LogP contribution in [0.15, 0.2) is 48.5 Å². The lowest BCUT2D eigenvalue weighted by Gasteiger charge is -2.14. The van der Waals surface area contributed by atoms with E-state index in [-0.39, 0.29) is 10.8 Å². The van der Waals surface area contributed by atoms with E-state index in [0.29, 0.717) is 5.56 Å². The Morgan fingerprint density at radius 3 is 2.40 bits per heavy atom. The lowest BCUT2D eigenvalue weighted by atomic mass is 10.1. The molecule has 2 N–H and O–H groups in total. The van der Waals surface area contributed by atoms with Gasteiger partial charge in [0.2, 0.25) is 0 Å². The van der Waals surface area contributed by atoms with Gasteiger partial charge in [-0.3, -0.25) is 4.79 Å². The van der Waals surface area contributed by atoms with E-state index in [9.17, 15) is 14.7 Å². The van der Waals surface area contributed by atoms with Crippen LogP contribution in [0.1, 0.15) is 22.1 Å². The van der Waals surface area contributed by atoms with Gasteiger partial charge in [0, 0.05) is 0 Å². The molecule has 0 aliphatic carbocycles. The molecule has 1 aromatic heterocycles. The maximum absolute atomic E-state index is 12.0. The maximum Gasteiger partial charge on any atom is 0.330 e. The molecule has 0 saturated carbocycles. The molecule has 0 radical (unpaired) electrons. The number of halogens is 1. The van der Waals surface area contributed by atoms with Crippen molar-refractivity contribution >= 4 is 23.5 Å². The molecule has 0 spiro atoms. The summed E-state index contributed by atoms with van der Waals surface area (Å²) < 4.78 is 0. The molecule has 2 rings (SSSR count). The fraction of sp³-hybridized carbons (Fsp3) is 0.0714. The van der Waals surface area contributed by atoms with Crippen molar-refractivity contribution in [2.45, 2.75) is 6.04 Å². The van der Waals surface area contributed by atoms with Crippen molar-refractivity contribution in [1.82, 2.24) is 10.3 Å². The minimum absolute atomic E-state index is 0.0691. The van der Waals surface area contributed by atoms with E-state index in [1.54, 1.807) is 36.4 Å². The summed E-state index contributed by atoms with van der Waals surface area (Å²) in [7, 11) is 0. The third-order valence-electron chi connectivity index (χ3n) is 2.60. The second-order valence-electron chi connectivity index (χ2n) is 4.00. The van der Waals surface area contributed by atoms with Gasteiger partial charge in [-0.1, -0.05) is 48.0 Å². The zero-order valence-corrected chi connectivity index (χ0v) is 11.0. The van der Waals surface area contributed by atoms with Crippen LogP contribution < -0.4 is 5.32 Å². The molecule has 20 heavy (non-hydrogen) atoms. The van der Waals surface area contributed by atoms with Crippen LogP contribution in [0.2, 0.25) is 5.15 Å². The molecule has 1 aromatic carbocycles. The van der Waals surface area contributed by atoms with E-state index in [4.69, 9.17) is 11.6 Å². The van der Waals surface area contributed by atoms with Crippen molar-refractivity contribution < 1.29 is 14.7 Å². The Hall–Kier alpha value is -2.40. The fourth-order valence-corrected chi connectivity index (χ4v) is 1.84. The van der Waals surface area contributed by atoms with E-state index in [1.165, 1.54) is 12.1 Å². The summed E-state index contributed by atoms with van der Waals surface area (Å²) in [5.41, 5.74) is 0.551. The lowest BCUT2D eigenvalue weighted by Crippen LogP contribution is -2.34. The smallest absolute Gasteiger partial charge is 0.330 e. The molecule has 1 heterocycles. The summed E-state index contributed by atoms with van der Waals surface area (Å²) in [4.78, 5) is 27.1. The van der Waals surface area contributed by atoms with Crippen LogP contribution in [0.25, 0.3) is 0 Å². The van der Waals surface area contributed by atoms with E-state index < -0.39 is 17.9 Å². The van der Waals surface area contributed by atoms with Gasteiger partial charge in [0.15, 0.2) is 6.04 Å². The number of amides is 1. The number of rotatable bonds is 4. The highest BCUT2D eigenvalue weighted by molar-refractivity contribution is 6.29. The van der Waals surface area contributed by atoms with Crippen LogP contribution in [0.3, 0.4) is 0 Å². The van der Waals surface area contributed by atoms with Gasteiger partial charge in [0.05, 0.1) is 0 Å². The third kappa shape index (κ3) is 3.33. The first-order valence-electron chi connectivity index (χ1n) is 5.79. The van der Waals surface area contributed by atoms with Crippen molar-refractivity contribution in [1.29, 1.82) is 0 Å². The highest BCUT2D eigenvalue weighted by Gasteiger charge is 2.22. The SMILES string of the molecule is O=C(N[C@@H](C(=O)O)c1ccccc1)c1cccc(Cl)n1. The van der Waals surface area contributed by atoms with Crippen LogP contribution in [0.4, 0.5) is 0 Å². The number of benzene rings is 1. The number of carbonyl (C=O) groups is 2. The number of pyridine rings is 1. The molecule has 0 aliphatic heterocycles. The Balaban J connectivity index is 2.21. The summed E-state index contributed by atoms with van der Waals surface area (Å²) in [6.45, 7) is 0. The zero-order chi connectivity index (χ0) is 14.5. The number of carbonyl (C=O) groups excluding carboxylic acids is 1. The Morgan fingerprint density at radius 2 is 1.80 bits per heavy atom. The van der Waals surface area contributed by atoms with Crippen molar-refractivity contribution in [2.24, 2.45) is 0 Å². The number of aliphatic carboxylic acids is 1. The van der Waals surface area contributed by atoms with Crippen molar-refractivity contribution in [3.63, 3.8) is 0 Å². The predicted octanol–water partition coefficient (Wildman–Crippen LogP) is 2.29. The average Bonchev–Trinajstić information content (AvgIpc) is 2.45. The largest absolute Gasteiger partial charge is 0.479 e. The molecule has 0 aliphatic rings. The van der Waals surface area contributed by atoms with Gasteiger partial charge in [0.25, 0.3) is 5.91 Å². The molecule has 6 heteroatoms. The molecule has 0 bridgehead atoms. The van der Waals surface area contributed by atoms with E-state index >= 15 is 0 Å². The molecular formula is C14H11ClN2O3. The van der Waals surface area contributed by atoms with Gasteiger partial charge in [-0.2, -0.15) is 0 Å². The second-order valence-corrected chi connectivity index (χ2v) is 4.39. The van der Waals surface area contributed by atoms with E-state index in [0.717, 1.165) is 0 Å². The lowest BCUT2D eigenvalue weighted by molar-refractivity contribution is -0.139. The molecule has 0 fully saturated rings. The molecule has 0 unspecified atom stereocenters. The van der Waals surface area contributed by atoms with E-state index in [2.05, 4.69) is 10.3 Å². The van der Waals surface area contributed by atoms with Crippen LogP contribution in [-0.2, 0) is 4.79 Å². The summed E-state index contributed by atoms with van der Waals surface area (Å²) >= 11 is 5.70. The first-order valence-corrected chi connectivity index (χ1v) is 6.17. The number of carboxylic acids is 1. The fourth-order valence-electron chi connectivity index (χ4n) is 1.67. The molecule has 102 valence electrons. The molecule has 1 amide bonds. The summed E-state index contributed by atoms with van der Waals surface area (Å²) in [5, 5.41) is 11.8. The van der Waals surface area contributed by atoms with Gasteiger partial charge < -0.3 is 10.4 Å². The zero-order valence-electron chi connectivity index (χ0n) is 10.3. The van der Waals surface area contributed by atoms with Gasteiger partial charge in [-0.25, -0.2) is 9.78 Å². The summed E-state index contributed by atoms with van der Waals surface area (Å²) in [6.07, 6.45) is 0. The Kier molecular flexibility index (Phi) is 4.32. The number of hydrogen-bond acceptors (Lipinski definition) is 3. The first kappa shape index (κ1) is 14.0. The van der Waals surface area contributed by atoms with E-state index in [1.807, 2.05) is 0 Å². The Bertz CT molecular complexity index is 631. The van der Waals surface area contributed by atoms with Crippen molar-refractivity contribution in [3.8, 4) is 0 Å². The molecule has 2 aromatic rings. The second kappa shape index (κ2) is 6.16. The van der Waals surface area contributed by atoms with Gasteiger partial charge in [-0.15, -0.1) is 0 Å². The number of hydrogen-bond donors (Lipinski definition) is 2. The van der Waals surface area contributed by atoms with Crippen molar-refractivity contribution in [3.05, 3.63) is 64.9 Å². The quantitative estimate of drug-likeness (QED) is 0.847. The van der Waals surface area contributed by atoms with Crippen LogP contribution in [0, 0.1) is 0 Å². The average molecular weight is 291 g/mol. The molecule has 0 saturated heterocycles. The molecule has 5 nitrogen and oxygen atoms in total. The molecule has 1 atom stereocenters. The Morgan fingerprint density at radius 1 is 1.10 bits per heavy atom. The highest BCUT2D eigenvalue weighted by Crippen LogP contribution is 2.14. The molecular weight excluding hydrogens is 280 g/mol. The minimum atomic E-state index is -1.15. The number of nitrogens with zero attached hydrogens (tertiary/aromatic N) is 1. The monoisotopic (exact) mass is 290 g/mol. The summed E-state index contributed by atoms with van der Waals surface area (Å²) in [5.74, 6) is -1.74. The van der Waals surface area contributed by atoms with Gasteiger partial charge in [-0.05, 0) is 17.7 Å². The number of aromatic nitrogens is 1. The summed E-state index contributed by atoms with van der Waals surface area (Å²) in [6, 6.07) is 11.9. The van der Waals surface area contributed by atoms with Crippen LogP contribution >= 0.6 is 11.6 Å². The topological polar surface area (TPSA) is 79.3 Å². The normalized spacial score (nSPS) is 11.7. The third-order valence-corrected chi connectivity index (χ3v) is 2.81. The van der Waals surface area contributed by atoms with Gasteiger partial charge in [0.1, 0.15) is 10.8 Å². The Labute approximate surface area is 120 Å². The maximum atomic E-state index is 12.0. The highest BCUT2D eigenvalue weighted by atomic mass is 35.5. The van der Waals surface area contributed by atoms with Gasteiger partial charge >= 0.3 is 5.97 Å².